The van der Waals surface area contributed by atoms with Gasteiger partial charge in [-0.2, -0.15) is 0 Å². The Kier molecular flexibility index (Phi) is 4.96. The molecule has 0 bridgehead atoms. The maximum absolute atomic E-state index is 13.3. The Morgan fingerprint density at radius 3 is 2.90 bits per heavy atom. The molecule has 1 fully saturated rings. The normalized spacial score (nSPS) is 41.9. The highest BCUT2D eigenvalue weighted by Gasteiger charge is 2.43. The molecule has 0 spiro atoms. The molecule has 1 N–H and O–H groups in total. The number of allylic oxidation sites excluding steroid dienone is 3. The summed E-state index contributed by atoms with van der Waals surface area (Å²) in [6.45, 7) is 1.36. The fraction of sp³-hybridized carbons (Fsp3) is 0.760. The summed E-state index contributed by atoms with van der Waals surface area (Å²) in [4.78, 5) is 25.1. The molecule has 0 aromatic carbocycles. The van der Waals surface area contributed by atoms with Crippen LogP contribution in [0.25, 0.3) is 0 Å². The number of aliphatic hydroxyl groups is 1. The standard InChI is InChI=1S/C25H38O5/c1-6-25(4,5)24(28)30-21-12-15(2)11-17-8-7-16(3)20(23(17)21)10-9-19-13-18(26)14-22(27)29-19/h7-8,11,15-16,18-21,23,26H,6,9-10,12-14H2,1-5H3/t15-,16-,18+,19-,20-,21-,23-/m1/s1/i1D3,4D,6D2/t15-,16-,18+,19-,20-,21-,23-,25?. The summed E-state index contributed by atoms with van der Waals surface area (Å²) in [5.41, 5.74) is -1.15. The van der Waals surface area contributed by atoms with E-state index >= 15 is 0 Å². The average Bonchev–Trinajstić information content (AvgIpc) is 2.76. The molecule has 0 radical (unpaired) electrons. The molecule has 0 amide bonds. The van der Waals surface area contributed by atoms with Crippen molar-refractivity contribution in [3.05, 3.63) is 23.8 Å². The van der Waals surface area contributed by atoms with Crippen molar-refractivity contribution in [3.8, 4) is 0 Å². The summed E-state index contributed by atoms with van der Waals surface area (Å²) < 4.78 is 58.4. The number of cyclic esters (lactones) is 1. The van der Waals surface area contributed by atoms with Gasteiger partial charge in [0, 0.05) is 20.6 Å². The van der Waals surface area contributed by atoms with Gasteiger partial charge < -0.3 is 14.6 Å². The molecule has 168 valence electrons. The molecule has 8 atom stereocenters. The highest BCUT2D eigenvalue weighted by atomic mass is 16.6. The van der Waals surface area contributed by atoms with Crippen LogP contribution < -0.4 is 0 Å². The van der Waals surface area contributed by atoms with Gasteiger partial charge in [0.1, 0.15) is 12.2 Å². The maximum atomic E-state index is 13.3. The minimum atomic E-state index is -3.10. The van der Waals surface area contributed by atoms with Gasteiger partial charge in [-0.3, -0.25) is 9.59 Å². The van der Waals surface area contributed by atoms with Gasteiger partial charge >= 0.3 is 11.9 Å². The van der Waals surface area contributed by atoms with E-state index in [4.69, 9.17) is 17.7 Å². The quantitative estimate of drug-likeness (QED) is 0.632. The van der Waals surface area contributed by atoms with Gasteiger partial charge in [-0.15, -0.1) is 0 Å². The molecule has 1 unspecified atom stereocenters. The summed E-state index contributed by atoms with van der Waals surface area (Å²) in [5, 5.41) is 9.95. The number of esters is 2. The Balaban J connectivity index is 1.84. The van der Waals surface area contributed by atoms with Gasteiger partial charge in [0.05, 0.1) is 17.9 Å². The summed E-state index contributed by atoms with van der Waals surface area (Å²) in [6.07, 6.45) is 3.73. The van der Waals surface area contributed by atoms with E-state index in [1.54, 1.807) is 0 Å². The van der Waals surface area contributed by atoms with Crippen molar-refractivity contribution in [1.29, 1.82) is 0 Å². The zero-order valence-electron chi connectivity index (χ0n) is 24.1. The van der Waals surface area contributed by atoms with E-state index in [0.717, 1.165) is 12.5 Å². The molecule has 0 aromatic rings. The lowest BCUT2D eigenvalue weighted by atomic mass is 9.65. The van der Waals surface area contributed by atoms with Crippen LogP contribution in [-0.4, -0.2) is 35.4 Å². The van der Waals surface area contributed by atoms with Crippen LogP contribution >= 0.6 is 0 Å². The van der Waals surface area contributed by atoms with Crippen LogP contribution in [0.5, 0.6) is 0 Å². The summed E-state index contributed by atoms with van der Waals surface area (Å²) in [7, 11) is 0. The molecule has 5 heteroatoms. The second-order valence-corrected chi connectivity index (χ2v) is 9.47. The third-order valence-electron chi connectivity index (χ3n) is 6.64. The Bertz CT molecular complexity index is 900. The van der Waals surface area contributed by atoms with E-state index in [1.807, 2.05) is 13.0 Å². The Morgan fingerprint density at radius 2 is 2.20 bits per heavy atom. The van der Waals surface area contributed by atoms with Crippen LogP contribution in [0.2, 0.25) is 0 Å². The first-order valence-corrected chi connectivity index (χ1v) is 10.9. The number of carbonyl (C=O) groups excluding carboxylic acids is 2. The van der Waals surface area contributed by atoms with E-state index in [1.165, 1.54) is 0 Å². The minimum absolute atomic E-state index is 0.00297. The summed E-state index contributed by atoms with van der Waals surface area (Å²) in [6, 6.07) is 0. The van der Waals surface area contributed by atoms with Gasteiger partial charge in [0.25, 0.3) is 0 Å². The first kappa shape index (κ1) is 16.1. The van der Waals surface area contributed by atoms with E-state index in [0.29, 0.717) is 25.7 Å². The predicted molar refractivity (Wildman–Crippen MR) is 115 cm³/mol. The Morgan fingerprint density at radius 1 is 1.40 bits per heavy atom. The summed E-state index contributed by atoms with van der Waals surface area (Å²) in [5.74, 6) is -1.37. The maximum Gasteiger partial charge on any atom is 0.311 e. The number of aliphatic hydroxyl groups excluding tert-OH is 1. The second-order valence-electron chi connectivity index (χ2n) is 9.47. The third kappa shape index (κ3) is 5.16. The fourth-order valence-corrected chi connectivity index (χ4v) is 4.96. The summed E-state index contributed by atoms with van der Waals surface area (Å²) >= 11 is 0. The van der Waals surface area contributed by atoms with E-state index in [9.17, 15) is 14.7 Å². The molecule has 3 aliphatic rings. The Hall–Kier alpha value is -1.62. The van der Waals surface area contributed by atoms with Crippen LogP contribution in [0.3, 0.4) is 0 Å². The number of hydrogen-bond acceptors (Lipinski definition) is 5. The van der Waals surface area contributed by atoms with E-state index in [-0.39, 0.29) is 36.2 Å². The zero-order valence-corrected chi connectivity index (χ0v) is 18.1. The van der Waals surface area contributed by atoms with Crippen molar-refractivity contribution in [2.24, 2.45) is 29.1 Å². The fourth-order valence-electron chi connectivity index (χ4n) is 4.96. The minimum Gasteiger partial charge on any atom is -0.462 e. The largest absolute Gasteiger partial charge is 0.462 e. The second kappa shape index (κ2) is 9.25. The number of hydrogen-bond donors (Lipinski definition) is 1. The van der Waals surface area contributed by atoms with Gasteiger partial charge in [0.15, 0.2) is 0 Å². The Labute approximate surface area is 189 Å². The molecule has 1 aliphatic heterocycles. The van der Waals surface area contributed by atoms with Gasteiger partial charge in [0.2, 0.25) is 0 Å². The SMILES string of the molecule is [2H]CC(C)(C(=O)O[C@@H]1C[C@H](C)C=C2C=C[C@@H](C)[C@@H](CC[C@@H]3C[C@H](O)CC(=O)O3)[C@@H]21)C([2H])([2H])C([2H])([2H])[2H]. The molecular formula is C25H38O5. The number of rotatable bonds is 6. The predicted octanol–water partition coefficient (Wildman–Crippen LogP) is 4.59. The molecule has 0 saturated carbocycles. The van der Waals surface area contributed by atoms with Crippen LogP contribution in [0.15, 0.2) is 23.8 Å². The molecule has 0 aromatic heterocycles. The van der Waals surface area contributed by atoms with Gasteiger partial charge in [-0.1, -0.05) is 38.9 Å². The number of fused-ring (bicyclic) bond motifs is 1. The van der Waals surface area contributed by atoms with Crippen LogP contribution in [-0.2, 0) is 19.1 Å². The third-order valence-corrected chi connectivity index (χ3v) is 6.64. The zero-order chi connectivity index (χ0) is 27.1. The lowest BCUT2D eigenvalue weighted by Crippen LogP contribution is -2.43. The van der Waals surface area contributed by atoms with E-state index < -0.39 is 49.7 Å². The lowest BCUT2D eigenvalue weighted by Gasteiger charge is -2.44. The highest BCUT2D eigenvalue weighted by Crippen LogP contribution is 2.45. The van der Waals surface area contributed by atoms with E-state index in [2.05, 4.69) is 19.1 Å². The topological polar surface area (TPSA) is 72.8 Å². The molecule has 30 heavy (non-hydrogen) atoms. The van der Waals surface area contributed by atoms with Crippen LogP contribution in [0.4, 0.5) is 0 Å². The molecule has 1 saturated heterocycles. The monoisotopic (exact) mass is 424 g/mol. The first-order valence-electron chi connectivity index (χ1n) is 14.1. The first-order chi connectivity index (χ1) is 16.6. The molecular weight excluding hydrogens is 380 g/mol. The van der Waals surface area contributed by atoms with Crippen molar-refractivity contribution in [2.45, 2.75) is 91.3 Å². The molecule has 1 heterocycles. The van der Waals surface area contributed by atoms with Gasteiger partial charge in [-0.05, 0) is 62.8 Å². The van der Waals surface area contributed by atoms with Crippen LogP contribution in [0.1, 0.15) is 81.2 Å². The van der Waals surface area contributed by atoms with Crippen molar-refractivity contribution >= 4 is 11.9 Å². The number of carbonyl (C=O) groups is 2. The highest BCUT2D eigenvalue weighted by molar-refractivity contribution is 5.76. The average molecular weight is 425 g/mol. The smallest absolute Gasteiger partial charge is 0.311 e. The molecule has 2 aliphatic carbocycles. The lowest BCUT2D eigenvalue weighted by molar-refractivity contribution is -0.166. The number of ether oxygens (including phenoxy) is 2. The van der Waals surface area contributed by atoms with Crippen LogP contribution in [0, 0.1) is 29.1 Å². The molecule has 3 rings (SSSR count). The van der Waals surface area contributed by atoms with Crippen molar-refractivity contribution in [1.82, 2.24) is 0 Å². The van der Waals surface area contributed by atoms with Crippen molar-refractivity contribution in [2.75, 3.05) is 0 Å². The van der Waals surface area contributed by atoms with Gasteiger partial charge in [-0.25, -0.2) is 0 Å². The molecule has 5 nitrogen and oxygen atoms in total. The van der Waals surface area contributed by atoms with Crippen molar-refractivity contribution in [3.63, 3.8) is 0 Å². The van der Waals surface area contributed by atoms with Crippen molar-refractivity contribution < 1.29 is 32.4 Å².